The Hall–Kier alpha value is -2.83. The third-order valence-electron chi connectivity index (χ3n) is 2.74. The number of carbonyl (C=O) groups is 5. The Kier molecular flexibility index (Phi) is 3.69. The van der Waals surface area contributed by atoms with Crippen molar-refractivity contribution in [2.45, 2.75) is 12.8 Å². The molecule has 2 rings (SSSR count). The van der Waals surface area contributed by atoms with E-state index in [1.165, 1.54) is 18.2 Å². The molecule has 102 valence electrons. The first-order valence-corrected chi connectivity index (χ1v) is 5.69. The number of benzene rings is 1. The number of amides is 2. The highest BCUT2D eigenvalue weighted by molar-refractivity contribution is 6.04. The lowest BCUT2D eigenvalue weighted by atomic mass is 10.1. The SMILES string of the molecule is O=Cc1ccc(C(=O)ON2C(=O)CCC2=O)c(C=O)c1. The molecule has 2 amide bonds. The summed E-state index contributed by atoms with van der Waals surface area (Å²) in [5.74, 6) is -2.23. The molecule has 0 aliphatic carbocycles. The molecule has 1 saturated heterocycles. The van der Waals surface area contributed by atoms with E-state index in [0.717, 1.165) is 0 Å². The molecule has 1 heterocycles. The lowest BCUT2D eigenvalue weighted by Crippen LogP contribution is -2.32. The van der Waals surface area contributed by atoms with Crippen LogP contribution >= 0.6 is 0 Å². The van der Waals surface area contributed by atoms with Crippen LogP contribution in [0.2, 0.25) is 0 Å². The van der Waals surface area contributed by atoms with Gasteiger partial charge in [0.2, 0.25) is 0 Å². The lowest BCUT2D eigenvalue weighted by Gasteiger charge is -2.13. The fourth-order valence-electron chi connectivity index (χ4n) is 1.73. The highest BCUT2D eigenvalue weighted by Crippen LogP contribution is 2.16. The molecule has 1 aliphatic rings. The van der Waals surface area contributed by atoms with E-state index in [9.17, 15) is 24.0 Å². The largest absolute Gasteiger partial charge is 0.364 e. The Morgan fingerprint density at radius 2 is 1.75 bits per heavy atom. The zero-order valence-corrected chi connectivity index (χ0v) is 10.2. The van der Waals surface area contributed by atoms with Crippen molar-refractivity contribution in [3.8, 4) is 0 Å². The van der Waals surface area contributed by atoms with Gasteiger partial charge in [0.1, 0.15) is 6.29 Å². The monoisotopic (exact) mass is 275 g/mol. The van der Waals surface area contributed by atoms with Gasteiger partial charge in [0, 0.05) is 24.0 Å². The minimum Gasteiger partial charge on any atom is -0.325 e. The van der Waals surface area contributed by atoms with Crippen LogP contribution < -0.4 is 0 Å². The van der Waals surface area contributed by atoms with Crippen LogP contribution in [0.15, 0.2) is 18.2 Å². The molecule has 20 heavy (non-hydrogen) atoms. The molecule has 0 atom stereocenters. The first-order chi connectivity index (χ1) is 9.56. The maximum atomic E-state index is 11.9. The van der Waals surface area contributed by atoms with E-state index in [4.69, 9.17) is 0 Å². The van der Waals surface area contributed by atoms with Crippen LogP contribution in [0.5, 0.6) is 0 Å². The minimum atomic E-state index is -1.01. The van der Waals surface area contributed by atoms with E-state index in [2.05, 4.69) is 4.84 Å². The van der Waals surface area contributed by atoms with Gasteiger partial charge < -0.3 is 4.84 Å². The van der Waals surface area contributed by atoms with Crippen molar-refractivity contribution >= 4 is 30.4 Å². The first kappa shape index (κ1) is 13.6. The van der Waals surface area contributed by atoms with Gasteiger partial charge >= 0.3 is 5.97 Å². The van der Waals surface area contributed by atoms with Gasteiger partial charge in [-0.05, 0) is 12.1 Å². The van der Waals surface area contributed by atoms with Crippen molar-refractivity contribution in [3.05, 3.63) is 34.9 Å². The van der Waals surface area contributed by atoms with Gasteiger partial charge in [0.05, 0.1) is 5.56 Å². The zero-order valence-electron chi connectivity index (χ0n) is 10.2. The van der Waals surface area contributed by atoms with Crippen molar-refractivity contribution in [1.29, 1.82) is 0 Å². The Balaban J connectivity index is 2.25. The van der Waals surface area contributed by atoms with Gasteiger partial charge in [-0.3, -0.25) is 19.2 Å². The average Bonchev–Trinajstić information content (AvgIpc) is 2.78. The van der Waals surface area contributed by atoms with Gasteiger partial charge in [0.25, 0.3) is 11.8 Å². The van der Waals surface area contributed by atoms with Gasteiger partial charge in [-0.2, -0.15) is 0 Å². The summed E-state index contributed by atoms with van der Waals surface area (Å²) in [6, 6.07) is 3.76. The molecular formula is C13H9NO6. The molecule has 0 spiro atoms. The summed E-state index contributed by atoms with van der Waals surface area (Å²) >= 11 is 0. The summed E-state index contributed by atoms with van der Waals surface area (Å²) in [4.78, 5) is 60.7. The van der Waals surface area contributed by atoms with Crippen LogP contribution in [0.4, 0.5) is 0 Å². The van der Waals surface area contributed by atoms with Crippen LogP contribution in [0.25, 0.3) is 0 Å². The van der Waals surface area contributed by atoms with Crippen LogP contribution in [-0.4, -0.2) is 35.4 Å². The Labute approximate surface area is 113 Å². The lowest BCUT2D eigenvalue weighted by molar-refractivity contribution is -0.172. The number of hydrogen-bond donors (Lipinski definition) is 0. The molecule has 1 aromatic rings. The molecule has 1 aliphatic heterocycles. The molecule has 0 saturated carbocycles. The number of aldehydes is 2. The molecule has 0 unspecified atom stereocenters. The summed E-state index contributed by atoms with van der Waals surface area (Å²) in [5.41, 5.74) is 0.0359. The smallest absolute Gasteiger partial charge is 0.325 e. The van der Waals surface area contributed by atoms with Gasteiger partial charge in [0.15, 0.2) is 6.29 Å². The predicted octanol–water partition coefficient (Wildman–Crippen LogP) is 0.532. The van der Waals surface area contributed by atoms with E-state index < -0.39 is 17.8 Å². The number of rotatable bonds is 4. The third kappa shape index (κ3) is 2.46. The van der Waals surface area contributed by atoms with Crippen LogP contribution in [0, 0.1) is 0 Å². The molecule has 7 nitrogen and oxygen atoms in total. The van der Waals surface area contributed by atoms with Crippen molar-refractivity contribution in [2.75, 3.05) is 0 Å². The maximum Gasteiger partial charge on any atom is 0.364 e. The topological polar surface area (TPSA) is 97.8 Å². The number of hydroxylamine groups is 2. The highest BCUT2D eigenvalue weighted by Gasteiger charge is 2.33. The van der Waals surface area contributed by atoms with Crippen molar-refractivity contribution in [3.63, 3.8) is 0 Å². The second kappa shape index (κ2) is 5.43. The fourth-order valence-corrected chi connectivity index (χ4v) is 1.73. The summed E-state index contributed by atoms with van der Waals surface area (Å²) in [5, 5.41) is 0.393. The summed E-state index contributed by atoms with van der Waals surface area (Å²) < 4.78 is 0. The Bertz CT molecular complexity index is 605. The second-order valence-corrected chi connectivity index (χ2v) is 4.04. The number of hydrogen-bond acceptors (Lipinski definition) is 6. The Morgan fingerprint density at radius 3 is 2.30 bits per heavy atom. The summed E-state index contributed by atoms with van der Waals surface area (Å²) in [7, 11) is 0. The van der Waals surface area contributed by atoms with E-state index in [0.29, 0.717) is 17.6 Å². The molecule has 0 N–H and O–H groups in total. The van der Waals surface area contributed by atoms with Crippen molar-refractivity contribution in [1.82, 2.24) is 5.06 Å². The molecular weight excluding hydrogens is 266 g/mol. The molecule has 1 fully saturated rings. The highest BCUT2D eigenvalue weighted by atomic mass is 16.7. The molecule has 1 aromatic carbocycles. The fraction of sp³-hybridized carbons (Fsp3) is 0.154. The average molecular weight is 275 g/mol. The first-order valence-electron chi connectivity index (χ1n) is 5.69. The van der Waals surface area contributed by atoms with Gasteiger partial charge in [-0.1, -0.05) is 6.07 Å². The molecule has 0 radical (unpaired) electrons. The van der Waals surface area contributed by atoms with Crippen LogP contribution in [-0.2, 0) is 14.4 Å². The van der Waals surface area contributed by atoms with Crippen molar-refractivity contribution < 1.29 is 28.8 Å². The zero-order chi connectivity index (χ0) is 14.7. The minimum absolute atomic E-state index is 0.0171. The second-order valence-electron chi connectivity index (χ2n) is 4.04. The number of carbonyl (C=O) groups excluding carboxylic acids is 5. The molecule has 7 heteroatoms. The normalized spacial score (nSPS) is 14.3. The Morgan fingerprint density at radius 1 is 1.10 bits per heavy atom. The molecule has 0 aromatic heterocycles. The quantitative estimate of drug-likeness (QED) is 0.587. The number of nitrogens with zero attached hydrogens (tertiary/aromatic N) is 1. The van der Waals surface area contributed by atoms with E-state index in [1.54, 1.807) is 0 Å². The van der Waals surface area contributed by atoms with E-state index >= 15 is 0 Å². The molecule has 0 bridgehead atoms. The van der Waals surface area contributed by atoms with E-state index in [-0.39, 0.29) is 29.5 Å². The van der Waals surface area contributed by atoms with Crippen LogP contribution in [0.3, 0.4) is 0 Å². The number of imide groups is 1. The third-order valence-corrected chi connectivity index (χ3v) is 2.74. The van der Waals surface area contributed by atoms with Gasteiger partial charge in [-0.25, -0.2) is 4.79 Å². The van der Waals surface area contributed by atoms with Crippen LogP contribution in [0.1, 0.15) is 43.9 Å². The predicted molar refractivity (Wildman–Crippen MR) is 63.7 cm³/mol. The maximum absolute atomic E-state index is 11.9. The van der Waals surface area contributed by atoms with Gasteiger partial charge in [-0.15, -0.1) is 5.06 Å². The van der Waals surface area contributed by atoms with E-state index in [1.807, 2.05) is 0 Å². The van der Waals surface area contributed by atoms with Crippen molar-refractivity contribution in [2.24, 2.45) is 0 Å². The summed E-state index contributed by atoms with van der Waals surface area (Å²) in [6.45, 7) is 0. The summed E-state index contributed by atoms with van der Waals surface area (Å²) in [6.07, 6.45) is 0.875. The standard InChI is InChI=1S/C13H9NO6/c15-6-8-1-2-10(9(5-8)7-16)13(19)20-14-11(17)3-4-12(14)18/h1-2,5-7H,3-4H2.